The molecule has 1 aromatic heterocycles. The van der Waals surface area contributed by atoms with Crippen LogP contribution in [-0.2, 0) is 12.8 Å². The number of rotatable bonds is 8. The van der Waals surface area contributed by atoms with Crippen LogP contribution < -0.4 is 0 Å². The Morgan fingerprint density at radius 2 is 1.35 bits per heavy atom. The van der Waals surface area contributed by atoms with Crippen LogP contribution in [0.4, 0.5) is 0 Å². The molecule has 0 amide bonds. The lowest BCUT2D eigenvalue weighted by molar-refractivity contribution is 0.690. The van der Waals surface area contributed by atoms with E-state index in [1.54, 1.807) is 0 Å². The average Bonchev–Trinajstić information content (AvgIpc) is 2.29. The minimum atomic E-state index is 0.408. The Morgan fingerprint density at radius 1 is 0.882 bits per heavy atom. The van der Waals surface area contributed by atoms with E-state index in [1.165, 1.54) is 38.5 Å². The second-order valence-corrected chi connectivity index (χ2v) is 4.87. The molecule has 3 heteroatoms. The van der Waals surface area contributed by atoms with Crippen molar-refractivity contribution in [1.29, 1.82) is 0 Å². The van der Waals surface area contributed by atoms with Crippen LogP contribution in [0.15, 0.2) is 6.07 Å². The van der Waals surface area contributed by atoms with Gasteiger partial charge in [0.05, 0.1) is 0 Å². The summed E-state index contributed by atoms with van der Waals surface area (Å²) in [6, 6.07) is 2.12. The summed E-state index contributed by atoms with van der Waals surface area (Å²) in [6.07, 6.45) is 9.42. The van der Waals surface area contributed by atoms with E-state index in [0.717, 1.165) is 24.2 Å². The molecule has 0 saturated carbocycles. The van der Waals surface area contributed by atoms with E-state index in [9.17, 15) is 0 Å². The Kier molecular flexibility index (Phi) is 7.18. The highest BCUT2D eigenvalue weighted by Crippen LogP contribution is 2.12. The second-order valence-electron chi connectivity index (χ2n) is 4.53. The molecular formula is C14H23ClN2. The van der Waals surface area contributed by atoms with Crippen LogP contribution in [0, 0.1) is 0 Å². The molecular weight excluding hydrogens is 232 g/mol. The van der Waals surface area contributed by atoms with Gasteiger partial charge in [-0.1, -0.05) is 39.5 Å². The third-order valence-corrected chi connectivity index (χ3v) is 3.05. The van der Waals surface area contributed by atoms with E-state index in [2.05, 4.69) is 29.9 Å². The van der Waals surface area contributed by atoms with Gasteiger partial charge in [-0.05, 0) is 43.4 Å². The van der Waals surface area contributed by atoms with Crippen molar-refractivity contribution in [3.05, 3.63) is 22.7 Å². The molecule has 0 saturated heterocycles. The number of aryl methyl sites for hydroxylation is 2. The smallest absolute Gasteiger partial charge is 0.222 e. The lowest BCUT2D eigenvalue weighted by Gasteiger charge is -2.05. The number of hydrogen-bond acceptors (Lipinski definition) is 2. The zero-order valence-corrected chi connectivity index (χ0v) is 11.8. The summed E-state index contributed by atoms with van der Waals surface area (Å²) >= 11 is 5.95. The zero-order valence-electron chi connectivity index (χ0n) is 11.0. The molecule has 17 heavy (non-hydrogen) atoms. The molecule has 1 rings (SSSR count). The minimum Gasteiger partial charge on any atom is -0.223 e. The van der Waals surface area contributed by atoms with Gasteiger partial charge in [0, 0.05) is 11.4 Å². The van der Waals surface area contributed by atoms with Gasteiger partial charge in [-0.3, -0.25) is 0 Å². The normalized spacial score (nSPS) is 10.8. The van der Waals surface area contributed by atoms with E-state index in [4.69, 9.17) is 11.6 Å². The van der Waals surface area contributed by atoms with E-state index in [0.29, 0.717) is 5.28 Å². The molecule has 0 aromatic carbocycles. The van der Waals surface area contributed by atoms with E-state index < -0.39 is 0 Å². The van der Waals surface area contributed by atoms with Crippen molar-refractivity contribution in [2.45, 2.75) is 65.2 Å². The van der Waals surface area contributed by atoms with Gasteiger partial charge >= 0.3 is 0 Å². The van der Waals surface area contributed by atoms with Crippen molar-refractivity contribution >= 4 is 11.6 Å². The van der Waals surface area contributed by atoms with E-state index >= 15 is 0 Å². The molecule has 1 heterocycles. The molecule has 0 aliphatic heterocycles. The first-order chi connectivity index (χ1) is 8.26. The lowest BCUT2D eigenvalue weighted by Crippen LogP contribution is -1.99. The Hall–Kier alpha value is -0.630. The molecule has 0 unspecified atom stereocenters. The molecule has 0 fully saturated rings. The highest BCUT2D eigenvalue weighted by molar-refractivity contribution is 6.28. The molecule has 0 aliphatic rings. The highest BCUT2D eigenvalue weighted by Gasteiger charge is 2.03. The fourth-order valence-corrected chi connectivity index (χ4v) is 2.10. The van der Waals surface area contributed by atoms with Crippen molar-refractivity contribution in [2.75, 3.05) is 0 Å². The monoisotopic (exact) mass is 254 g/mol. The number of halogens is 1. The summed E-state index contributed by atoms with van der Waals surface area (Å²) in [5, 5.41) is 0.408. The first-order valence-corrected chi connectivity index (χ1v) is 7.16. The maximum atomic E-state index is 5.95. The molecule has 0 atom stereocenters. The largest absolute Gasteiger partial charge is 0.223 e. The second kappa shape index (κ2) is 8.46. The molecule has 0 bridgehead atoms. The Morgan fingerprint density at radius 3 is 1.76 bits per heavy atom. The average molecular weight is 255 g/mol. The first kappa shape index (κ1) is 14.4. The van der Waals surface area contributed by atoms with Gasteiger partial charge in [-0.15, -0.1) is 0 Å². The summed E-state index contributed by atoms with van der Waals surface area (Å²) < 4.78 is 0. The number of unbranched alkanes of at least 4 members (excludes halogenated alkanes) is 4. The highest BCUT2D eigenvalue weighted by atomic mass is 35.5. The van der Waals surface area contributed by atoms with Gasteiger partial charge in [0.15, 0.2) is 0 Å². The predicted octanol–water partition coefficient (Wildman–Crippen LogP) is 4.60. The van der Waals surface area contributed by atoms with Crippen molar-refractivity contribution < 1.29 is 0 Å². The quantitative estimate of drug-likeness (QED) is 0.501. The third-order valence-electron chi connectivity index (χ3n) is 2.88. The predicted molar refractivity (Wildman–Crippen MR) is 73.5 cm³/mol. The number of nitrogens with zero attached hydrogens (tertiary/aromatic N) is 2. The Balaban J connectivity index is 2.53. The van der Waals surface area contributed by atoms with Gasteiger partial charge < -0.3 is 0 Å². The van der Waals surface area contributed by atoms with E-state index in [-0.39, 0.29) is 0 Å². The molecule has 0 spiro atoms. The van der Waals surface area contributed by atoms with Gasteiger partial charge in [-0.2, -0.15) is 0 Å². The van der Waals surface area contributed by atoms with Crippen LogP contribution in [0.1, 0.15) is 63.8 Å². The fraction of sp³-hybridized carbons (Fsp3) is 0.714. The summed E-state index contributed by atoms with van der Waals surface area (Å²) in [7, 11) is 0. The van der Waals surface area contributed by atoms with Crippen molar-refractivity contribution in [1.82, 2.24) is 9.97 Å². The molecule has 2 nitrogen and oxygen atoms in total. The van der Waals surface area contributed by atoms with Gasteiger partial charge in [0.1, 0.15) is 0 Å². The van der Waals surface area contributed by atoms with Crippen LogP contribution in [0.3, 0.4) is 0 Å². The summed E-state index contributed by atoms with van der Waals surface area (Å²) in [5.41, 5.74) is 2.20. The van der Waals surface area contributed by atoms with Gasteiger partial charge in [0.25, 0.3) is 0 Å². The lowest BCUT2D eigenvalue weighted by atomic mass is 10.1. The summed E-state index contributed by atoms with van der Waals surface area (Å²) in [5.74, 6) is 0. The molecule has 96 valence electrons. The molecule has 1 aromatic rings. The van der Waals surface area contributed by atoms with Crippen molar-refractivity contribution in [2.24, 2.45) is 0 Å². The molecule has 0 aliphatic carbocycles. The van der Waals surface area contributed by atoms with Crippen LogP contribution in [0.5, 0.6) is 0 Å². The number of hydrogen-bond donors (Lipinski definition) is 0. The molecule has 0 radical (unpaired) electrons. The van der Waals surface area contributed by atoms with Crippen LogP contribution >= 0.6 is 11.6 Å². The van der Waals surface area contributed by atoms with Crippen molar-refractivity contribution in [3.8, 4) is 0 Å². The standard InChI is InChI=1S/C14H23ClN2/c1-3-5-7-9-12-11-13(10-8-6-4-2)17-14(15)16-12/h11H,3-10H2,1-2H3. The summed E-state index contributed by atoms with van der Waals surface area (Å²) in [6.45, 7) is 4.42. The maximum absolute atomic E-state index is 5.95. The van der Waals surface area contributed by atoms with Crippen LogP contribution in [0.2, 0.25) is 5.28 Å². The SMILES string of the molecule is CCCCCc1cc(CCCCC)nc(Cl)n1. The number of aromatic nitrogens is 2. The topological polar surface area (TPSA) is 25.8 Å². The maximum Gasteiger partial charge on any atom is 0.222 e. The van der Waals surface area contributed by atoms with Gasteiger partial charge in [-0.25, -0.2) is 9.97 Å². The Bertz CT molecular complexity index is 298. The molecule has 0 N–H and O–H groups in total. The fourth-order valence-electron chi connectivity index (χ4n) is 1.89. The van der Waals surface area contributed by atoms with E-state index in [1.807, 2.05) is 0 Å². The third kappa shape index (κ3) is 6.02. The zero-order chi connectivity index (χ0) is 12.5. The summed E-state index contributed by atoms with van der Waals surface area (Å²) in [4.78, 5) is 8.58. The first-order valence-electron chi connectivity index (χ1n) is 6.78. The van der Waals surface area contributed by atoms with Crippen molar-refractivity contribution in [3.63, 3.8) is 0 Å². The Labute approximate surface area is 110 Å². The van der Waals surface area contributed by atoms with Crippen LogP contribution in [0.25, 0.3) is 0 Å². The van der Waals surface area contributed by atoms with Crippen LogP contribution in [-0.4, -0.2) is 9.97 Å². The van der Waals surface area contributed by atoms with Gasteiger partial charge in [0.2, 0.25) is 5.28 Å². The minimum absolute atomic E-state index is 0.408.